The van der Waals surface area contributed by atoms with E-state index >= 15 is 0 Å². The van der Waals surface area contributed by atoms with E-state index in [9.17, 15) is 8.78 Å². The highest BCUT2D eigenvalue weighted by molar-refractivity contribution is 5.64. The predicted octanol–water partition coefficient (Wildman–Crippen LogP) is 2.35. The topological polar surface area (TPSA) is 75.9 Å². The van der Waals surface area contributed by atoms with Gasteiger partial charge in [0.2, 0.25) is 0 Å². The quantitative estimate of drug-likeness (QED) is 0.584. The molecule has 0 aliphatic carbocycles. The molecule has 0 atom stereocenters. The first-order valence-corrected chi connectivity index (χ1v) is 5.68. The molecule has 2 aromatic rings. The van der Waals surface area contributed by atoms with Crippen LogP contribution in [0.3, 0.4) is 0 Å². The van der Waals surface area contributed by atoms with E-state index in [1.165, 1.54) is 18.5 Å². The molecule has 5 nitrogen and oxygen atoms in total. The van der Waals surface area contributed by atoms with Crippen LogP contribution in [0.5, 0.6) is 0 Å². The van der Waals surface area contributed by atoms with Gasteiger partial charge in [0.05, 0.1) is 5.69 Å². The molecule has 0 unspecified atom stereocenters. The zero-order valence-electron chi connectivity index (χ0n) is 10.2. The van der Waals surface area contributed by atoms with Crippen molar-refractivity contribution < 1.29 is 8.78 Å². The van der Waals surface area contributed by atoms with Crippen molar-refractivity contribution in [3.05, 3.63) is 41.7 Å². The van der Waals surface area contributed by atoms with Gasteiger partial charge < -0.3 is 10.7 Å². The maximum atomic E-state index is 13.6. The zero-order chi connectivity index (χ0) is 13.8. The molecule has 0 aliphatic heterocycles. The summed E-state index contributed by atoms with van der Waals surface area (Å²) in [6.07, 6.45) is 1.87. The second-order valence-corrected chi connectivity index (χ2v) is 3.77. The standard InChI is InChI=1S/C12H13F2N5/c1-2-7-11(16-6-17-12(7)19-15)18-9-5-3-4-8(13)10(9)14/h3-6H,2,15H2,1H3,(H2,16,17,18,19). The van der Waals surface area contributed by atoms with Crippen LogP contribution < -0.4 is 16.6 Å². The number of aromatic nitrogens is 2. The summed E-state index contributed by atoms with van der Waals surface area (Å²) >= 11 is 0. The Kier molecular flexibility index (Phi) is 3.86. The van der Waals surface area contributed by atoms with Crippen molar-refractivity contribution in [3.63, 3.8) is 0 Å². The maximum absolute atomic E-state index is 13.6. The van der Waals surface area contributed by atoms with Gasteiger partial charge >= 0.3 is 0 Å². The summed E-state index contributed by atoms with van der Waals surface area (Å²) in [6.45, 7) is 1.88. The number of nitrogens with two attached hydrogens (primary N) is 1. The highest BCUT2D eigenvalue weighted by Gasteiger charge is 2.12. The summed E-state index contributed by atoms with van der Waals surface area (Å²) < 4.78 is 26.7. The Morgan fingerprint density at radius 3 is 2.63 bits per heavy atom. The van der Waals surface area contributed by atoms with Crippen LogP contribution in [0, 0.1) is 11.6 Å². The minimum absolute atomic E-state index is 0.0105. The van der Waals surface area contributed by atoms with Crippen molar-refractivity contribution in [2.75, 3.05) is 10.7 Å². The van der Waals surface area contributed by atoms with Crippen molar-refractivity contribution in [1.82, 2.24) is 9.97 Å². The lowest BCUT2D eigenvalue weighted by atomic mass is 10.2. The number of anilines is 3. The van der Waals surface area contributed by atoms with Crippen LogP contribution >= 0.6 is 0 Å². The number of halogens is 2. The van der Waals surface area contributed by atoms with Gasteiger partial charge in [-0.05, 0) is 18.6 Å². The first-order chi connectivity index (χ1) is 9.17. The van der Waals surface area contributed by atoms with Gasteiger partial charge in [-0.1, -0.05) is 13.0 Å². The van der Waals surface area contributed by atoms with Gasteiger partial charge in [-0.2, -0.15) is 0 Å². The summed E-state index contributed by atoms with van der Waals surface area (Å²) in [5, 5.41) is 2.75. The van der Waals surface area contributed by atoms with Gasteiger partial charge in [0.1, 0.15) is 18.0 Å². The first-order valence-electron chi connectivity index (χ1n) is 5.68. The highest BCUT2D eigenvalue weighted by atomic mass is 19.2. The Morgan fingerprint density at radius 2 is 1.95 bits per heavy atom. The Balaban J connectivity index is 2.41. The molecule has 1 heterocycles. The molecule has 7 heteroatoms. The van der Waals surface area contributed by atoms with Crippen LogP contribution in [0.15, 0.2) is 24.5 Å². The van der Waals surface area contributed by atoms with E-state index < -0.39 is 11.6 Å². The van der Waals surface area contributed by atoms with Crippen molar-refractivity contribution >= 4 is 17.3 Å². The molecule has 4 N–H and O–H groups in total. The van der Waals surface area contributed by atoms with E-state index in [2.05, 4.69) is 20.7 Å². The summed E-state index contributed by atoms with van der Waals surface area (Å²) in [5.74, 6) is 4.29. The molecule has 1 aromatic heterocycles. The van der Waals surface area contributed by atoms with Gasteiger partial charge in [-0.3, -0.25) is 0 Å². The molecule has 1 aromatic carbocycles. The van der Waals surface area contributed by atoms with Gasteiger partial charge in [-0.25, -0.2) is 24.6 Å². The molecule has 0 radical (unpaired) electrons. The Bertz CT molecular complexity index is 588. The Hall–Kier alpha value is -2.28. The van der Waals surface area contributed by atoms with Crippen LogP contribution in [-0.2, 0) is 6.42 Å². The minimum Gasteiger partial charge on any atom is -0.337 e. The lowest BCUT2D eigenvalue weighted by Crippen LogP contribution is -2.13. The van der Waals surface area contributed by atoms with E-state index in [0.29, 0.717) is 23.6 Å². The number of rotatable bonds is 4. The number of nitrogens with zero attached hydrogens (tertiary/aromatic N) is 2. The maximum Gasteiger partial charge on any atom is 0.182 e. The van der Waals surface area contributed by atoms with Crippen molar-refractivity contribution in [2.45, 2.75) is 13.3 Å². The lowest BCUT2D eigenvalue weighted by Gasteiger charge is -2.13. The van der Waals surface area contributed by atoms with Crippen LogP contribution in [0.2, 0.25) is 0 Å². The molecule has 0 amide bonds. The molecule has 0 aliphatic rings. The average molecular weight is 265 g/mol. The molecule has 0 fully saturated rings. The molecule has 0 spiro atoms. The molecular weight excluding hydrogens is 252 g/mol. The smallest absolute Gasteiger partial charge is 0.182 e. The number of nitrogens with one attached hydrogen (secondary N) is 2. The molecule has 0 saturated carbocycles. The Morgan fingerprint density at radius 1 is 1.21 bits per heavy atom. The SMILES string of the molecule is CCc1c(NN)ncnc1Nc1cccc(F)c1F. The molecule has 100 valence electrons. The minimum atomic E-state index is -0.953. The summed E-state index contributed by atoms with van der Waals surface area (Å²) in [4.78, 5) is 7.97. The largest absolute Gasteiger partial charge is 0.337 e. The van der Waals surface area contributed by atoms with Crippen LogP contribution in [0.4, 0.5) is 26.1 Å². The van der Waals surface area contributed by atoms with Crippen LogP contribution in [0.25, 0.3) is 0 Å². The summed E-state index contributed by atoms with van der Waals surface area (Å²) in [6, 6.07) is 3.89. The third-order valence-corrected chi connectivity index (χ3v) is 2.64. The van der Waals surface area contributed by atoms with Gasteiger partial charge in [0.15, 0.2) is 11.6 Å². The molecule has 19 heavy (non-hydrogen) atoms. The number of nitrogen functional groups attached to an aromatic ring is 1. The monoisotopic (exact) mass is 265 g/mol. The predicted molar refractivity (Wildman–Crippen MR) is 68.9 cm³/mol. The third-order valence-electron chi connectivity index (χ3n) is 2.64. The third kappa shape index (κ3) is 2.60. The van der Waals surface area contributed by atoms with E-state index in [4.69, 9.17) is 5.84 Å². The average Bonchev–Trinajstić information content (AvgIpc) is 2.43. The van der Waals surface area contributed by atoms with Crippen LogP contribution in [0.1, 0.15) is 12.5 Å². The fourth-order valence-electron chi connectivity index (χ4n) is 1.71. The number of hydrazine groups is 1. The Labute approximate surface area is 108 Å². The molecule has 0 saturated heterocycles. The number of hydrogen-bond acceptors (Lipinski definition) is 5. The summed E-state index contributed by atoms with van der Waals surface area (Å²) in [5.41, 5.74) is 3.14. The van der Waals surface area contributed by atoms with Crippen molar-refractivity contribution in [2.24, 2.45) is 5.84 Å². The first kappa shape index (κ1) is 13.2. The second-order valence-electron chi connectivity index (χ2n) is 3.77. The van der Waals surface area contributed by atoms with Gasteiger partial charge in [0, 0.05) is 5.56 Å². The van der Waals surface area contributed by atoms with Crippen LogP contribution in [-0.4, -0.2) is 9.97 Å². The van der Waals surface area contributed by atoms with Gasteiger partial charge in [-0.15, -0.1) is 0 Å². The fraction of sp³-hybridized carbons (Fsp3) is 0.167. The summed E-state index contributed by atoms with van der Waals surface area (Å²) in [7, 11) is 0. The van der Waals surface area contributed by atoms with E-state index in [1.54, 1.807) is 0 Å². The number of hydrogen-bond donors (Lipinski definition) is 3. The van der Waals surface area contributed by atoms with Crippen molar-refractivity contribution in [3.8, 4) is 0 Å². The fourth-order valence-corrected chi connectivity index (χ4v) is 1.71. The zero-order valence-corrected chi connectivity index (χ0v) is 10.2. The molecule has 2 rings (SSSR count). The molecule has 0 bridgehead atoms. The second kappa shape index (κ2) is 5.57. The van der Waals surface area contributed by atoms with E-state index in [-0.39, 0.29) is 5.69 Å². The van der Waals surface area contributed by atoms with E-state index in [0.717, 1.165) is 6.07 Å². The number of benzene rings is 1. The molecular formula is C12H13F2N5. The lowest BCUT2D eigenvalue weighted by molar-refractivity contribution is 0.511. The van der Waals surface area contributed by atoms with E-state index in [1.807, 2.05) is 6.92 Å². The normalized spacial score (nSPS) is 10.3. The highest BCUT2D eigenvalue weighted by Crippen LogP contribution is 2.25. The van der Waals surface area contributed by atoms with Crippen molar-refractivity contribution in [1.29, 1.82) is 0 Å². The van der Waals surface area contributed by atoms with Gasteiger partial charge in [0.25, 0.3) is 0 Å².